The molecule has 1 aliphatic carbocycles. The number of thiophene rings is 1. The number of ether oxygens (including phenoxy) is 1. The number of alkyl carbamates (subject to hydrolysis) is 1. The highest BCUT2D eigenvalue weighted by atomic mass is 32.1. The number of carboxylic acid groups (broad SMARTS) is 1. The molecule has 4 aliphatic rings. The molecule has 5 atom stereocenters. The van der Waals surface area contributed by atoms with Crippen molar-refractivity contribution in [2.45, 2.75) is 108 Å². The van der Waals surface area contributed by atoms with Crippen molar-refractivity contribution in [2.75, 3.05) is 24.5 Å². The van der Waals surface area contributed by atoms with Crippen LogP contribution in [-0.4, -0.2) is 86.5 Å². The number of allylic oxidation sites excluding steroid dienone is 1. The summed E-state index contributed by atoms with van der Waals surface area (Å²) in [5, 5.41) is 24.2. The van der Waals surface area contributed by atoms with Crippen molar-refractivity contribution in [1.82, 2.24) is 25.3 Å². The summed E-state index contributed by atoms with van der Waals surface area (Å²) in [4.78, 5) is 71.7. The van der Waals surface area contributed by atoms with Crippen LogP contribution in [0, 0.1) is 5.92 Å². The second-order valence-corrected chi connectivity index (χ2v) is 15.4. The molecule has 0 spiro atoms. The molecule has 5 heterocycles. The van der Waals surface area contributed by atoms with Gasteiger partial charge in [0.25, 0.3) is 5.56 Å². The van der Waals surface area contributed by atoms with Gasteiger partial charge in [-0.25, -0.2) is 14.3 Å². The maximum atomic E-state index is 14.4. The fraction of sp³-hybridized carbons (Fsp3) is 0.600. The van der Waals surface area contributed by atoms with Gasteiger partial charge in [-0.1, -0.05) is 25.0 Å². The van der Waals surface area contributed by atoms with Crippen molar-refractivity contribution < 1.29 is 29.0 Å². The number of fused-ring (bicyclic) bond motifs is 2. The minimum atomic E-state index is -1.46. The van der Waals surface area contributed by atoms with Crippen molar-refractivity contribution in [3.63, 3.8) is 0 Å². The van der Waals surface area contributed by atoms with Crippen LogP contribution in [0.3, 0.4) is 0 Å². The number of anilines is 1. The predicted molar refractivity (Wildman–Crippen MR) is 184 cm³/mol. The maximum Gasteiger partial charge on any atom is 0.408 e. The summed E-state index contributed by atoms with van der Waals surface area (Å²) in [5.74, 6) is -2.59. The predicted octanol–water partition coefficient (Wildman–Crippen LogP) is 4.09. The van der Waals surface area contributed by atoms with Gasteiger partial charge in [-0.15, -0.1) is 0 Å². The van der Waals surface area contributed by atoms with E-state index in [0.29, 0.717) is 18.4 Å². The first-order valence-electron chi connectivity index (χ1n) is 17.3. The summed E-state index contributed by atoms with van der Waals surface area (Å²) < 4.78 is 6.85. The molecule has 2 saturated heterocycles. The lowest BCUT2D eigenvalue weighted by Gasteiger charge is -2.30. The largest absolute Gasteiger partial charge is 0.479 e. The summed E-state index contributed by atoms with van der Waals surface area (Å²) in [7, 11) is 0. The van der Waals surface area contributed by atoms with Gasteiger partial charge < -0.3 is 30.3 Å². The molecule has 6 rings (SSSR count). The summed E-state index contributed by atoms with van der Waals surface area (Å²) in [6.07, 6.45) is 10.4. The van der Waals surface area contributed by atoms with Gasteiger partial charge in [0.2, 0.25) is 11.8 Å². The van der Waals surface area contributed by atoms with Crippen LogP contribution in [0.2, 0.25) is 0 Å². The van der Waals surface area contributed by atoms with Crippen molar-refractivity contribution >= 4 is 40.9 Å². The molecule has 0 aromatic carbocycles. The third-order valence-electron chi connectivity index (χ3n) is 9.91. The highest BCUT2D eigenvalue weighted by Gasteiger charge is 2.61. The Hall–Kier alpha value is -4.20. The first-order valence-corrected chi connectivity index (χ1v) is 18.2. The zero-order chi connectivity index (χ0) is 34.9. The molecule has 3 N–H and O–H groups in total. The van der Waals surface area contributed by atoms with E-state index < -0.39 is 53.1 Å². The standard InChI is InChI=1S/C35H46N6O7S/c1-34(2,3)48-33(47)37-25-12-8-6-4-5-7-11-23-18-35(23,32(45)46)38-29(42)26-17-24(20-40(26)30(25)43)41-31(44)28(22-13-16-49-21-22)27(19-36-41)39-14-9-10-15-39/h7,11,13,16,19,21,23-26H,4-6,8-10,12,14-15,17-18,20H2,1-3H3,(H,37,47)(H,38,42)(H,45,46)/t23?,24-,25+,26+,35-/m1/s1. The Bertz CT molecular complexity index is 1660. The third-order valence-corrected chi connectivity index (χ3v) is 10.6. The molecule has 3 fully saturated rings. The van der Waals surface area contributed by atoms with E-state index in [1.165, 1.54) is 20.9 Å². The number of carbonyl (C=O) groups is 4. The molecule has 1 saturated carbocycles. The average molecular weight is 695 g/mol. The first-order chi connectivity index (χ1) is 23.4. The lowest BCUT2D eigenvalue weighted by Crippen LogP contribution is -2.56. The van der Waals surface area contributed by atoms with Gasteiger partial charge in [0.1, 0.15) is 23.2 Å². The van der Waals surface area contributed by atoms with Crippen LogP contribution in [0.5, 0.6) is 0 Å². The van der Waals surface area contributed by atoms with Gasteiger partial charge >= 0.3 is 12.1 Å². The third kappa shape index (κ3) is 7.38. The van der Waals surface area contributed by atoms with Crippen LogP contribution in [0.25, 0.3) is 11.1 Å². The van der Waals surface area contributed by atoms with E-state index in [1.807, 2.05) is 29.0 Å². The van der Waals surface area contributed by atoms with E-state index in [2.05, 4.69) is 20.6 Å². The normalized spacial score (nSPS) is 27.8. The van der Waals surface area contributed by atoms with Crippen molar-refractivity contribution in [3.05, 3.63) is 45.5 Å². The van der Waals surface area contributed by atoms with E-state index in [1.54, 1.807) is 27.0 Å². The molecule has 13 nitrogen and oxygen atoms in total. The maximum absolute atomic E-state index is 14.4. The SMILES string of the molecule is CC(C)(C)OC(=O)N[C@H]1CCCCCC=CC2C[C@@]2(C(=O)O)NC(=O)[C@@H]2C[C@@H](n3ncc(N4CCCC4)c(-c4ccsc4)c3=O)CN2C1=O. The Morgan fingerprint density at radius 3 is 2.59 bits per heavy atom. The molecule has 3 aliphatic heterocycles. The molecule has 49 heavy (non-hydrogen) atoms. The number of nitrogens with one attached hydrogen (secondary N) is 2. The Labute approximate surface area is 289 Å². The lowest BCUT2D eigenvalue weighted by molar-refractivity contribution is -0.145. The molecule has 0 radical (unpaired) electrons. The Morgan fingerprint density at radius 2 is 1.90 bits per heavy atom. The van der Waals surface area contributed by atoms with Crippen LogP contribution >= 0.6 is 11.3 Å². The average Bonchev–Trinajstić information content (AvgIpc) is 3.56. The van der Waals surface area contributed by atoms with E-state index in [0.717, 1.165) is 56.4 Å². The smallest absolute Gasteiger partial charge is 0.408 e. The van der Waals surface area contributed by atoms with Crippen LogP contribution in [0.1, 0.15) is 84.6 Å². The minimum Gasteiger partial charge on any atom is -0.479 e. The van der Waals surface area contributed by atoms with Crippen LogP contribution in [0.15, 0.2) is 40.0 Å². The molecular formula is C35H46N6O7S. The number of aliphatic carboxylic acids is 1. The lowest BCUT2D eigenvalue weighted by atomic mass is 10.0. The highest BCUT2D eigenvalue weighted by Crippen LogP contribution is 2.45. The summed E-state index contributed by atoms with van der Waals surface area (Å²) in [6.45, 7) is 6.82. The van der Waals surface area contributed by atoms with Crippen molar-refractivity contribution in [3.8, 4) is 11.1 Å². The van der Waals surface area contributed by atoms with Gasteiger partial charge in [-0.3, -0.25) is 14.4 Å². The van der Waals surface area contributed by atoms with E-state index >= 15 is 0 Å². The molecular weight excluding hydrogens is 648 g/mol. The van der Waals surface area contributed by atoms with Gasteiger partial charge in [0.05, 0.1) is 23.5 Å². The monoisotopic (exact) mass is 694 g/mol. The number of rotatable bonds is 5. The zero-order valence-electron chi connectivity index (χ0n) is 28.4. The Morgan fingerprint density at radius 1 is 1.12 bits per heavy atom. The number of amides is 3. The van der Waals surface area contributed by atoms with E-state index in [9.17, 15) is 29.1 Å². The molecule has 264 valence electrons. The quantitative estimate of drug-likeness (QED) is 0.392. The minimum absolute atomic E-state index is 0.0220. The number of aromatic nitrogens is 2. The Balaban J connectivity index is 1.36. The van der Waals surface area contributed by atoms with Crippen LogP contribution in [0.4, 0.5) is 10.5 Å². The summed E-state index contributed by atoms with van der Waals surface area (Å²) in [5.41, 5.74) is -0.501. The van der Waals surface area contributed by atoms with Gasteiger partial charge in [0.15, 0.2) is 0 Å². The highest BCUT2D eigenvalue weighted by molar-refractivity contribution is 7.08. The van der Waals surface area contributed by atoms with E-state index in [-0.39, 0.29) is 30.9 Å². The fourth-order valence-electron chi connectivity index (χ4n) is 7.30. The van der Waals surface area contributed by atoms with Gasteiger partial charge in [-0.2, -0.15) is 16.4 Å². The second kappa shape index (κ2) is 14.0. The van der Waals surface area contributed by atoms with Crippen LogP contribution < -0.4 is 21.1 Å². The molecule has 0 bridgehead atoms. The van der Waals surface area contributed by atoms with Crippen LogP contribution in [-0.2, 0) is 19.1 Å². The van der Waals surface area contributed by atoms with Crippen molar-refractivity contribution in [1.29, 1.82) is 0 Å². The number of carbonyl (C=O) groups excluding carboxylic acids is 3. The topological polar surface area (TPSA) is 163 Å². The second-order valence-electron chi connectivity index (χ2n) is 14.6. The number of carboxylic acids is 1. The summed E-state index contributed by atoms with van der Waals surface area (Å²) in [6, 6.07) is -0.854. The number of nitrogens with zero attached hydrogens (tertiary/aromatic N) is 4. The number of hydrogen-bond acceptors (Lipinski definition) is 9. The molecule has 1 unspecified atom stereocenters. The molecule has 3 amide bonds. The van der Waals surface area contributed by atoms with Gasteiger partial charge in [-0.05, 0) is 76.1 Å². The van der Waals surface area contributed by atoms with E-state index in [4.69, 9.17) is 4.74 Å². The van der Waals surface area contributed by atoms with Crippen molar-refractivity contribution in [2.24, 2.45) is 5.92 Å². The molecule has 14 heteroatoms. The fourth-order valence-corrected chi connectivity index (χ4v) is 7.95. The molecule has 2 aromatic heterocycles. The molecule has 2 aromatic rings. The summed E-state index contributed by atoms with van der Waals surface area (Å²) >= 11 is 1.49. The van der Waals surface area contributed by atoms with Gasteiger partial charge in [0, 0.05) is 37.5 Å². The zero-order valence-corrected chi connectivity index (χ0v) is 29.2. The first kappa shape index (κ1) is 34.7. The number of hydrogen-bond donors (Lipinski definition) is 3. The Kier molecular flexibility index (Phi) is 9.88.